The topological polar surface area (TPSA) is 86.8 Å². The van der Waals surface area contributed by atoms with Crippen LogP contribution < -0.4 is 9.62 Å². The molecule has 3 aromatic rings. The van der Waals surface area contributed by atoms with E-state index in [1.165, 1.54) is 66.4 Å². The van der Waals surface area contributed by atoms with E-state index in [0.717, 1.165) is 16.4 Å². The molecular formula is C26H26ClF2N3O4S. The molecule has 0 aliphatic carbocycles. The van der Waals surface area contributed by atoms with Crippen LogP contribution in [0.4, 0.5) is 14.5 Å². The van der Waals surface area contributed by atoms with Gasteiger partial charge >= 0.3 is 0 Å². The first-order valence-electron chi connectivity index (χ1n) is 11.4. The SMILES string of the molecule is CCNC(=O)C(C)N(Cc1ccc(F)cc1)C(=O)CN(c1ccc(F)c(Cl)c1)S(=O)(=O)c1ccccc1. The van der Waals surface area contributed by atoms with Crippen molar-refractivity contribution < 1.29 is 26.8 Å². The molecule has 11 heteroatoms. The molecule has 7 nitrogen and oxygen atoms in total. The highest BCUT2D eigenvalue weighted by Crippen LogP contribution is 2.28. The fourth-order valence-corrected chi connectivity index (χ4v) is 5.18. The average molecular weight is 550 g/mol. The largest absolute Gasteiger partial charge is 0.355 e. The molecule has 0 spiro atoms. The van der Waals surface area contributed by atoms with E-state index in [4.69, 9.17) is 11.6 Å². The van der Waals surface area contributed by atoms with Gasteiger partial charge in [0.2, 0.25) is 11.8 Å². The minimum absolute atomic E-state index is 0.0315. The van der Waals surface area contributed by atoms with Crippen LogP contribution in [-0.2, 0) is 26.2 Å². The van der Waals surface area contributed by atoms with Crippen LogP contribution in [-0.4, -0.2) is 44.3 Å². The maximum Gasteiger partial charge on any atom is 0.264 e. The highest BCUT2D eigenvalue weighted by Gasteiger charge is 2.32. The highest BCUT2D eigenvalue weighted by molar-refractivity contribution is 7.92. The summed E-state index contributed by atoms with van der Waals surface area (Å²) < 4.78 is 55.3. The molecule has 0 saturated carbocycles. The van der Waals surface area contributed by atoms with Crippen LogP contribution in [0.25, 0.3) is 0 Å². The average Bonchev–Trinajstić information content (AvgIpc) is 2.88. The van der Waals surface area contributed by atoms with Gasteiger partial charge in [0, 0.05) is 13.1 Å². The summed E-state index contributed by atoms with van der Waals surface area (Å²) in [6.07, 6.45) is 0. The van der Waals surface area contributed by atoms with Crippen LogP contribution in [0.5, 0.6) is 0 Å². The van der Waals surface area contributed by atoms with E-state index >= 15 is 0 Å². The number of halogens is 3. The van der Waals surface area contributed by atoms with Gasteiger partial charge in [-0.3, -0.25) is 13.9 Å². The third-order valence-electron chi connectivity index (χ3n) is 5.59. The molecule has 0 aromatic heterocycles. The van der Waals surface area contributed by atoms with E-state index in [1.807, 2.05) is 0 Å². The van der Waals surface area contributed by atoms with Crippen molar-refractivity contribution in [3.63, 3.8) is 0 Å². The number of nitrogens with one attached hydrogen (secondary N) is 1. The van der Waals surface area contributed by atoms with Gasteiger partial charge < -0.3 is 10.2 Å². The van der Waals surface area contributed by atoms with E-state index in [9.17, 15) is 26.8 Å². The molecule has 1 N–H and O–H groups in total. The molecule has 2 amide bonds. The molecule has 0 bridgehead atoms. The Kier molecular flexibility index (Phi) is 9.23. The summed E-state index contributed by atoms with van der Waals surface area (Å²) in [6, 6.07) is 15.2. The zero-order valence-electron chi connectivity index (χ0n) is 20.2. The van der Waals surface area contributed by atoms with Crippen molar-refractivity contribution in [1.29, 1.82) is 0 Å². The minimum Gasteiger partial charge on any atom is -0.355 e. The van der Waals surface area contributed by atoms with E-state index < -0.39 is 46.1 Å². The number of anilines is 1. The molecule has 0 aliphatic heterocycles. The molecule has 1 atom stereocenters. The third-order valence-corrected chi connectivity index (χ3v) is 7.66. The van der Waals surface area contributed by atoms with Gasteiger partial charge in [-0.25, -0.2) is 17.2 Å². The first-order chi connectivity index (χ1) is 17.5. The number of carbonyl (C=O) groups is 2. The summed E-state index contributed by atoms with van der Waals surface area (Å²) in [5, 5.41) is 2.32. The van der Waals surface area contributed by atoms with Gasteiger partial charge in [-0.2, -0.15) is 0 Å². The normalized spacial score (nSPS) is 12.0. The summed E-state index contributed by atoms with van der Waals surface area (Å²) >= 11 is 5.92. The van der Waals surface area contributed by atoms with Crippen LogP contribution >= 0.6 is 11.6 Å². The lowest BCUT2D eigenvalue weighted by molar-refractivity contribution is -0.139. The monoisotopic (exact) mass is 549 g/mol. The molecule has 0 heterocycles. The fourth-order valence-electron chi connectivity index (χ4n) is 3.58. The smallest absolute Gasteiger partial charge is 0.264 e. The lowest BCUT2D eigenvalue weighted by Gasteiger charge is -2.32. The molecule has 1 unspecified atom stereocenters. The zero-order valence-corrected chi connectivity index (χ0v) is 21.8. The number of likely N-dealkylation sites (N-methyl/N-ethyl adjacent to an activating group) is 1. The van der Waals surface area contributed by atoms with E-state index in [1.54, 1.807) is 13.0 Å². The van der Waals surface area contributed by atoms with Crippen molar-refractivity contribution in [1.82, 2.24) is 10.2 Å². The van der Waals surface area contributed by atoms with E-state index in [0.29, 0.717) is 12.1 Å². The maximum atomic E-state index is 13.9. The summed E-state index contributed by atoms with van der Waals surface area (Å²) in [6.45, 7) is 2.77. The van der Waals surface area contributed by atoms with Gasteiger partial charge in [0.1, 0.15) is 24.2 Å². The Bertz CT molecular complexity index is 1360. The van der Waals surface area contributed by atoms with Gasteiger partial charge in [0.15, 0.2) is 0 Å². The highest BCUT2D eigenvalue weighted by atomic mass is 35.5. The maximum absolute atomic E-state index is 13.9. The molecule has 3 aromatic carbocycles. The standard InChI is InChI=1S/C26H26ClF2N3O4S/c1-3-30-26(34)18(2)31(16-19-9-11-20(28)12-10-19)25(33)17-32(21-13-14-24(29)23(27)15-21)37(35,36)22-7-5-4-6-8-22/h4-15,18H,3,16-17H2,1-2H3,(H,30,34). The molecule has 3 rings (SSSR count). The van der Waals surface area contributed by atoms with Crippen LogP contribution in [0.3, 0.4) is 0 Å². The minimum atomic E-state index is -4.29. The molecule has 0 aliphatic rings. The third kappa shape index (κ3) is 6.84. The second-order valence-electron chi connectivity index (χ2n) is 8.14. The molecule has 0 fully saturated rings. The van der Waals surface area contributed by atoms with Gasteiger partial charge in [0.25, 0.3) is 10.0 Å². The summed E-state index contributed by atoms with van der Waals surface area (Å²) in [5.74, 6) is -2.37. The van der Waals surface area contributed by atoms with Gasteiger partial charge in [-0.15, -0.1) is 0 Å². The van der Waals surface area contributed by atoms with Crippen molar-refractivity contribution in [3.05, 3.63) is 95.0 Å². The predicted octanol–water partition coefficient (Wildman–Crippen LogP) is 4.37. The van der Waals surface area contributed by atoms with Crippen molar-refractivity contribution >= 4 is 39.1 Å². The van der Waals surface area contributed by atoms with Crippen LogP contribution in [0.2, 0.25) is 5.02 Å². The molecule has 37 heavy (non-hydrogen) atoms. The summed E-state index contributed by atoms with van der Waals surface area (Å²) in [7, 11) is -4.29. The number of nitrogens with zero attached hydrogens (tertiary/aromatic N) is 2. The van der Waals surface area contributed by atoms with Crippen LogP contribution in [0, 0.1) is 11.6 Å². The van der Waals surface area contributed by atoms with Crippen LogP contribution in [0.1, 0.15) is 19.4 Å². The number of benzene rings is 3. The predicted molar refractivity (Wildman–Crippen MR) is 137 cm³/mol. The number of sulfonamides is 1. The van der Waals surface area contributed by atoms with Gasteiger partial charge in [-0.05, 0) is 61.9 Å². The van der Waals surface area contributed by atoms with Gasteiger partial charge in [-0.1, -0.05) is 41.9 Å². The fraction of sp³-hybridized carbons (Fsp3) is 0.231. The molecule has 0 radical (unpaired) electrons. The Morgan fingerprint density at radius 1 is 1.00 bits per heavy atom. The quantitative estimate of drug-likeness (QED) is 0.407. The molecular weight excluding hydrogens is 524 g/mol. The number of hydrogen-bond donors (Lipinski definition) is 1. The van der Waals surface area contributed by atoms with Crippen molar-refractivity contribution in [3.8, 4) is 0 Å². The first kappa shape index (κ1) is 28.1. The summed E-state index contributed by atoms with van der Waals surface area (Å²) in [4.78, 5) is 27.4. The number of carbonyl (C=O) groups excluding carboxylic acids is 2. The Labute approximate surface area is 219 Å². The Hall–Kier alpha value is -3.50. The Morgan fingerprint density at radius 3 is 2.24 bits per heavy atom. The molecule has 196 valence electrons. The Balaban J connectivity index is 2.03. The van der Waals surface area contributed by atoms with Crippen molar-refractivity contribution in [2.75, 3.05) is 17.4 Å². The first-order valence-corrected chi connectivity index (χ1v) is 13.2. The second kappa shape index (κ2) is 12.2. The number of hydrogen-bond acceptors (Lipinski definition) is 4. The number of rotatable bonds is 10. The summed E-state index contributed by atoms with van der Waals surface area (Å²) in [5.41, 5.74) is 0.504. The van der Waals surface area contributed by atoms with E-state index in [2.05, 4.69) is 5.32 Å². The Morgan fingerprint density at radius 2 is 1.65 bits per heavy atom. The van der Waals surface area contributed by atoms with Crippen molar-refractivity contribution in [2.45, 2.75) is 31.3 Å². The van der Waals surface area contributed by atoms with Crippen LogP contribution in [0.15, 0.2) is 77.7 Å². The lowest BCUT2D eigenvalue weighted by Crippen LogP contribution is -2.51. The lowest BCUT2D eigenvalue weighted by atomic mass is 10.1. The molecule has 0 saturated heterocycles. The second-order valence-corrected chi connectivity index (χ2v) is 10.4. The van der Waals surface area contributed by atoms with Crippen molar-refractivity contribution in [2.24, 2.45) is 0 Å². The zero-order chi connectivity index (χ0) is 27.2. The number of amides is 2. The van der Waals surface area contributed by atoms with E-state index in [-0.39, 0.29) is 22.2 Å². The van der Waals surface area contributed by atoms with Gasteiger partial charge in [0.05, 0.1) is 15.6 Å².